The molecule has 0 radical (unpaired) electrons. The first-order chi connectivity index (χ1) is 5.29. The quantitative estimate of drug-likeness (QED) is 0.479. The topological polar surface area (TPSA) is 73.1 Å². The molecule has 0 fully saturated rings. The van der Waals surface area contributed by atoms with Crippen LogP contribution in [-0.4, -0.2) is 11.1 Å². The molecule has 1 heterocycles. The van der Waals surface area contributed by atoms with Gasteiger partial charge in [-0.25, -0.2) is 5.48 Å². The van der Waals surface area contributed by atoms with E-state index in [9.17, 15) is 4.79 Å². The van der Waals surface area contributed by atoms with E-state index in [1.807, 2.05) is 6.07 Å². The largest absolute Gasteiger partial charge is 0.288 e. The molecule has 0 saturated carbocycles. The maximum atomic E-state index is 10.8. The van der Waals surface area contributed by atoms with Gasteiger partial charge in [-0.3, -0.25) is 10.0 Å². The van der Waals surface area contributed by atoms with Crippen LogP contribution in [0.1, 0.15) is 15.2 Å². The molecule has 2 N–H and O–H groups in total. The number of amides is 1. The van der Waals surface area contributed by atoms with E-state index in [4.69, 9.17) is 10.5 Å². The highest BCUT2D eigenvalue weighted by Gasteiger charge is 2.10. The molecule has 0 saturated heterocycles. The zero-order chi connectivity index (χ0) is 8.27. The van der Waals surface area contributed by atoms with Crippen LogP contribution in [0.5, 0.6) is 0 Å². The second-order valence-electron chi connectivity index (χ2n) is 1.72. The summed E-state index contributed by atoms with van der Waals surface area (Å²) in [4.78, 5) is 11.0. The summed E-state index contributed by atoms with van der Waals surface area (Å²) in [6.45, 7) is 0. The van der Waals surface area contributed by atoms with Crippen molar-refractivity contribution in [2.24, 2.45) is 0 Å². The van der Waals surface area contributed by atoms with Crippen LogP contribution in [0.15, 0.2) is 11.4 Å². The summed E-state index contributed by atoms with van der Waals surface area (Å²) in [5, 5.41) is 18.3. The summed E-state index contributed by atoms with van der Waals surface area (Å²) in [6.07, 6.45) is 0. The van der Waals surface area contributed by atoms with Gasteiger partial charge in [-0.1, -0.05) is 0 Å². The Morgan fingerprint density at radius 2 is 2.55 bits per heavy atom. The lowest BCUT2D eigenvalue weighted by Crippen LogP contribution is -2.18. The van der Waals surface area contributed by atoms with Crippen molar-refractivity contribution < 1.29 is 10.0 Å². The Balaban J connectivity index is 3.05. The molecule has 5 heteroatoms. The highest BCUT2D eigenvalue weighted by Crippen LogP contribution is 2.14. The van der Waals surface area contributed by atoms with Crippen molar-refractivity contribution in [3.05, 3.63) is 21.9 Å². The number of nitriles is 1. The molecule has 0 aliphatic carbocycles. The average molecular weight is 168 g/mol. The second kappa shape index (κ2) is 3.14. The van der Waals surface area contributed by atoms with Gasteiger partial charge >= 0.3 is 0 Å². The molecule has 0 aliphatic rings. The van der Waals surface area contributed by atoms with Crippen LogP contribution in [0.25, 0.3) is 0 Å². The van der Waals surface area contributed by atoms with Crippen molar-refractivity contribution in [2.45, 2.75) is 0 Å². The van der Waals surface area contributed by atoms with Crippen molar-refractivity contribution in [1.29, 1.82) is 5.26 Å². The predicted octanol–water partition coefficient (Wildman–Crippen LogP) is 0.739. The third kappa shape index (κ3) is 1.37. The Hall–Kier alpha value is -1.38. The van der Waals surface area contributed by atoms with Gasteiger partial charge in [0.15, 0.2) is 0 Å². The maximum absolute atomic E-state index is 10.8. The molecule has 0 aromatic carbocycles. The molecule has 4 nitrogen and oxygen atoms in total. The van der Waals surface area contributed by atoms with Crippen LogP contribution in [0.4, 0.5) is 0 Å². The Morgan fingerprint density at radius 1 is 1.82 bits per heavy atom. The van der Waals surface area contributed by atoms with E-state index in [1.165, 1.54) is 11.5 Å². The highest BCUT2D eigenvalue weighted by atomic mass is 32.1. The van der Waals surface area contributed by atoms with E-state index in [-0.39, 0.29) is 10.4 Å². The number of nitrogens with zero attached hydrogens (tertiary/aromatic N) is 1. The summed E-state index contributed by atoms with van der Waals surface area (Å²) in [7, 11) is 0. The minimum Gasteiger partial charge on any atom is -0.288 e. The van der Waals surface area contributed by atoms with E-state index in [0.717, 1.165) is 11.3 Å². The van der Waals surface area contributed by atoms with Crippen molar-refractivity contribution in [3.8, 4) is 6.07 Å². The SMILES string of the molecule is N#Cc1ccsc1C(=O)NO. The monoisotopic (exact) mass is 168 g/mol. The normalized spacial score (nSPS) is 8.73. The summed E-state index contributed by atoms with van der Waals surface area (Å²) in [5.74, 6) is -0.642. The average Bonchev–Trinajstić information content (AvgIpc) is 2.50. The number of hydrogen-bond acceptors (Lipinski definition) is 4. The third-order valence-corrected chi connectivity index (χ3v) is 2.01. The number of carbonyl (C=O) groups excluding carboxylic acids is 1. The van der Waals surface area contributed by atoms with Crippen LogP contribution >= 0.6 is 11.3 Å². The number of hydrogen-bond donors (Lipinski definition) is 2. The fourth-order valence-electron chi connectivity index (χ4n) is 0.624. The third-order valence-electron chi connectivity index (χ3n) is 1.09. The van der Waals surface area contributed by atoms with Crippen LogP contribution < -0.4 is 5.48 Å². The number of rotatable bonds is 1. The van der Waals surface area contributed by atoms with Gasteiger partial charge in [0, 0.05) is 0 Å². The number of nitrogens with one attached hydrogen (secondary N) is 1. The molecular formula is C6H4N2O2S. The first-order valence-corrected chi connectivity index (χ1v) is 3.59. The highest BCUT2D eigenvalue weighted by molar-refractivity contribution is 7.12. The van der Waals surface area contributed by atoms with Gasteiger partial charge < -0.3 is 0 Å². The van der Waals surface area contributed by atoms with Crippen LogP contribution in [0, 0.1) is 11.3 Å². The van der Waals surface area contributed by atoms with Gasteiger partial charge in [-0.15, -0.1) is 11.3 Å². The smallest absolute Gasteiger partial charge is 0.286 e. The standard InChI is InChI=1S/C6H4N2O2S/c7-3-4-1-2-11-5(4)6(9)8-10/h1-2,10H,(H,8,9). The molecular weight excluding hydrogens is 164 g/mol. The zero-order valence-electron chi connectivity index (χ0n) is 5.37. The second-order valence-corrected chi connectivity index (χ2v) is 2.63. The Kier molecular flexibility index (Phi) is 2.21. The van der Waals surface area contributed by atoms with Gasteiger partial charge in [0.2, 0.25) is 0 Å². The molecule has 1 rings (SSSR count). The Morgan fingerprint density at radius 3 is 3.09 bits per heavy atom. The van der Waals surface area contributed by atoms with Gasteiger partial charge in [-0.05, 0) is 11.4 Å². The molecule has 1 aromatic rings. The van der Waals surface area contributed by atoms with Crippen LogP contribution in [-0.2, 0) is 0 Å². The van der Waals surface area contributed by atoms with Crippen LogP contribution in [0.3, 0.4) is 0 Å². The van der Waals surface area contributed by atoms with E-state index in [0.29, 0.717) is 0 Å². The molecule has 0 unspecified atom stereocenters. The molecule has 1 amide bonds. The van der Waals surface area contributed by atoms with Gasteiger partial charge in [0.05, 0.1) is 5.56 Å². The molecule has 0 atom stereocenters. The number of carbonyl (C=O) groups is 1. The molecule has 11 heavy (non-hydrogen) atoms. The van der Waals surface area contributed by atoms with Crippen LogP contribution in [0.2, 0.25) is 0 Å². The predicted molar refractivity (Wildman–Crippen MR) is 38.3 cm³/mol. The van der Waals surface area contributed by atoms with E-state index in [1.54, 1.807) is 5.38 Å². The Labute approximate surface area is 66.7 Å². The number of thiophene rings is 1. The van der Waals surface area contributed by atoms with E-state index < -0.39 is 5.91 Å². The molecule has 1 aromatic heterocycles. The van der Waals surface area contributed by atoms with Crippen molar-refractivity contribution >= 4 is 17.2 Å². The fourth-order valence-corrected chi connectivity index (χ4v) is 1.36. The lowest BCUT2D eigenvalue weighted by Gasteiger charge is -1.92. The van der Waals surface area contributed by atoms with E-state index >= 15 is 0 Å². The van der Waals surface area contributed by atoms with Crippen molar-refractivity contribution in [2.75, 3.05) is 0 Å². The van der Waals surface area contributed by atoms with Gasteiger partial charge in [0.25, 0.3) is 5.91 Å². The summed E-state index contributed by atoms with van der Waals surface area (Å²) >= 11 is 1.11. The van der Waals surface area contributed by atoms with Gasteiger partial charge in [0.1, 0.15) is 10.9 Å². The molecule has 0 spiro atoms. The molecule has 0 aliphatic heterocycles. The summed E-state index contributed by atoms with van der Waals surface area (Å²) < 4.78 is 0. The van der Waals surface area contributed by atoms with Gasteiger partial charge in [-0.2, -0.15) is 5.26 Å². The maximum Gasteiger partial charge on any atom is 0.286 e. The first kappa shape index (κ1) is 7.72. The molecule has 56 valence electrons. The zero-order valence-corrected chi connectivity index (χ0v) is 6.18. The minimum absolute atomic E-state index is 0.231. The Bertz CT molecular complexity index is 313. The number of hydroxylamine groups is 1. The lowest BCUT2D eigenvalue weighted by molar-refractivity contribution is 0.0710. The summed E-state index contributed by atoms with van der Waals surface area (Å²) in [6, 6.07) is 3.35. The molecule has 0 bridgehead atoms. The summed E-state index contributed by atoms with van der Waals surface area (Å²) in [5.41, 5.74) is 1.74. The fraction of sp³-hybridized carbons (Fsp3) is 0. The van der Waals surface area contributed by atoms with E-state index in [2.05, 4.69) is 0 Å². The minimum atomic E-state index is -0.642. The lowest BCUT2D eigenvalue weighted by atomic mass is 10.3. The first-order valence-electron chi connectivity index (χ1n) is 2.71. The van der Waals surface area contributed by atoms with Crippen molar-refractivity contribution in [3.63, 3.8) is 0 Å². The van der Waals surface area contributed by atoms with Crippen molar-refractivity contribution in [1.82, 2.24) is 5.48 Å².